The van der Waals surface area contributed by atoms with Gasteiger partial charge in [0.15, 0.2) is 0 Å². The maximum Gasteiger partial charge on any atom is 0.264 e. The number of carbonyl (C=O) groups is 1. The van der Waals surface area contributed by atoms with Gasteiger partial charge < -0.3 is 9.64 Å². The lowest BCUT2D eigenvalue weighted by molar-refractivity contribution is -0.130. The third-order valence-electron chi connectivity index (χ3n) is 6.29. The fourth-order valence-electron chi connectivity index (χ4n) is 4.22. The summed E-state index contributed by atoms with van der Waals surface area (Å²) < 4.78 is 61.5. The van der Waals surface area contributed by atoms with Gasteiger partial charge in [-0.2, -0.15) is 4.31 Å². The number of hydrogen-bond acceptors (Lipinski definition) is 6. The van der Waals surface area contributed by atoms with E-state index in [1.165, 1.54) is 21.3 Å². The smallest absolute Gasteiger partial charge is 0.264 e. The van der Waals surface area contributed by atoms with Gasteiger partial charge in [-0.3, -0.25) is 9.10 Å². The molecule has 0 spiro atoms. The third-order valence-corrected chi connectivity index (χ3v) is 9.98. The lowest BCUT2D eigenvalue weighted by Crippen LogP contribution is -2.53. The van der Waals surface area contributed by atoms with Crippen LogP contribution in [0, 0.1) is 6.92 Å². The lowest BCUT2D eigenvalue weighted by Gasteiger charge is -2.35. The van der Waals surface area contributed by atoms with Gasteiger partial charge in [0, 0.05) is 26.2 Å². The van der Waals surface area contributed by atoms with Crippen LogP contribution in [0.15, 0.2) is 88.7 Å². The fourth-order valence-corrected chi connectivity index (χ4v) is 7.09. The predicted molar refractivity (Wildman–Crippen MR) is 145 cm³/mol. The van der Waals surface area contributed by atoms with Gasteiger partial charge in [-0.15, -0.1) is 0 Å². The number of sulfonamides is 2. The van der Waals surface area contributed by atoms with Crippen molar-refractivity contribution in [3.05, 3.63) is 84.4 Å². The van der Waals surface area contributed by atoms with Gasteiger partial charge >= 0.3 is 0 Å². The zero-order valence-corrected chi connectivity index (χ0v) is 23.0. The number of aryl methyl sites for hydroxylation is 1. The standard InChI is InChI=1S/C27H31N3O6S2/c1-3-36-26-12-8-7-11-25(26)30(38(34,35)23-9-5-4-6-10-23)21-27(31)28-17-19-29(20-18-28)37(32,33)24-15-13-22(2)14-16-24/h4-16H,3,17-21H2,1-2H3. The molecule has 1 aliphatic heterocycles. The van der Waals surface area contributed by atoms with Crippen LogP contribution in [-0.4, -0.2) is 71.3 Å². The number of rotatable bonds is 9. The molecule has 3 aromatic carbocycles. The Labute approximate surface area is 224 Å². The molecule has 3 aromatic rings. The van der Waals surface area contributed by atoms with Crippen LogP contribution in [0.4, 0.5) is 5.69 Å². The summed E-state index contributed by atoms with van der Waals surface area (Å²) in [6, 6.07) is 21.2. The van der Waals surface area contributed by atoms with E-state index in [0.717, 1.165) is 9.87 Å². The van der Waals surface area contributed by atoms with Gasteiger partial charge in [0.25, 0.3) is 10.0 Å². The summed E-state index contributed by atoms with van der Waals surface area (Å²) in [4.78, 5) is 15.2. The number of hydrogen-bond donors (Lipinski definition) is 0. The summed E-state index contributed by atoms with van der Waals surface area (Å²) in [5, 5.41) is 0. The highest BCUT2D eigenvalue weighted by Crippen LogP contribution is 2.32. The molecule has 1 heterocycles. The molecular formula is C27H31N3O6S2. The summed E-state index contributed by atoms with van der Waals surface area (Å²) in [5.41, 5.74) is 1.22. The second-order valence-corrected chi connectivity index (χ2v) is 12.6. The molecule has 1 aliphatic rings. The van der Waals surface area contributed by atoms with Crippen LogP contribution in [0.1, 0.15) is 12.5 Å². The van der Waals surface area contributed by atoms with Gasteiger partial charge in [-0.1, -0.05) is 48.0 Å². The van der Waals surface area contributed by atoms with Crippen LogP contribution >= 0.6 is 0 Å². The first-order chi connectivity index (χ1) is 18.1. The van der Waals surface area contributed by atoms with Crippen molar-refractivity contribution in [1.82, 2.24) is 9.21 Å². The third kappa shape index (κ3) is 5.85. The molecule has 1 amide bonds. The topological polar surface area (TPSA) is 104 Å². The maximum absolute atomic E-state index is 13.7. The molecule has 0 aromatic heterocycles. The first-order valence-corrected chi connectivity index (χ1v) is 15.2. The van der Waals surface area contributed by atoms with Crippen molar-refractivity contribution >= 4 is 31.6 Å². The van der Waals surface area contributed by atoms with Crippen LogP contribution in [0.3, 0.4) is 0 Å². The number of carbonyl (C=O) groups excluding carboxylic acids is 1. The number of piperazine rings is 1. The first kappa shape index (κ1) is 27.6. The van der Waals surface area contributed by atoms with E-state index in [4.69, 9.17) is 4.74 Å². The summed E-state index contributed by atoms with van der Waals surface area (Å²) in [6.45, 7) is 4.07. The number of benzene rings is 3. The molecule has 9 nitrogen and oxygen atoms in total. The molecule has 0 aliphatic carbocycles. The summed E-state index contributed by atoms with van der Waals surface area (Å²) >= 11 is 0. The van der Waals surface area contributed by atoms with E-state index >= 15 is 0 Å². The van der Waals surface area contributed by atoms with Crippen molar-refractivity contribution in [2.45, 2.75) is 23.6 Å². The van der Waals surface area contributed by atoms with Crippen LogP contribution in [0.5, 0.6) is 5.75 Å². The minimum Gasteiger partial charge on any atom is -0.492 e. The number of nitrogens with zero attached hydrogens (tertiary/aromatic N) is 3. The first-order valence-electron chi connectivity index (χ1n) is 12.3. The molecule has 0 N–H and O–H groups in total. The normalized spacial score (nSPS) is 14.7. The zero-order valence-electron chi connectivity index (χ0n) is 21.4. The highest BCUT2D eigenvalue weighted by Gasteiger charge is 2.34. The molecule has 0 saturated carbocycles. The monoisotopic (exact) mass is 557 g/mol. The Morgan fingerprint density at radius 2 is 1.42 bits per heavy atom. The quantitative estimate of drug-likeness (QED) is 0.401. The van der Waals surface area contributed by atoms with Gasteiger partial charge in [-0.25, -0.2) is 16.8 Å². The molecule has 4 rings (SSSR count). The molecule has 1 fully saturated rings. The Kier molecular flexibility index (Phi) is 8.39. The SMILES string of the molecule is CCOc1ccccc1N(CC(=O)N1CCN(S(=O)(=O)c2ccc(C)cc2)CC1)S(=O)(=O)c1ccccc1. The van der Waals surface area contributed by atoms with Crippen LogP contribution in [-0.2, 0) is 24.8 Å². The van der Waals surface area contributed by atoms with Crippen molar-refractivity contribution in [3.8, 4) is 5.75 Å². The Bertz CT molecular complexity index is 1470. The van der Waals surface area contributed by atoms with Gasteiger partial charge in [0.05, 0.1) is 22.1 Å². The highest BCUT2D eigenvalue weighted by atomic mass is 32.2. The second kappa shape index (κ2) is 11.5. The molecule has 0 atom stereocenters. The van der Waals surface area contributed by atoms with E-state index in [1.807, 2.05) is 6.92 Å². The van der Waals surface area contributed by atoms with Crippen molar-refractivity contribution in [2.75, 3.05) is 43.6 Å². The second-order valence-electron chi connectivity index (χ2n) is 8.82. The van der Waals surface area contributed by atoms with Crippen molar-refractivity contribution < 1.29 is 26.4 Å². The fraction of sp³-hybridized carbons (Fsp3) is 0.296. The number of para-hydroxylation sites is 2. The van der Waals surface area contributed by atoms with Gasteiger partial charge in [-0.05, 0) is 50.2 Å². The molecular weight excluding hydrogens is 526 g/mol. The zero-order chi connectivity index (χ0) is 27.3. The van der Waals surface area contributed by atoms with E-state index < -0.39 is 32.5 Å². The van der Waals surface area contributed by atoms with E-state index in [0.29, 0.717) is 12.4 Å². The summed E-state index contributed by atoms with van der Waals surface area (Å²) in [5.74, 6) is -0.0838. The molecule has 0 radical (unpaired) electrons. The van der Waals surface area contributed by atoms with Crippen molar-refractivity contribution in [2.24, 2.45) is 0 Å². The maximum atomic E-state index is 13.7. The number of anilines is 1. The number of ether oxygens (including phenoxy) is 1. The molecule has 38 heavy (non-hydrogen) atoms. The molecule has 0 unspecified atom stereocenters. The molecule has 11 heteroatoms. The average molecular weight is 558 g/mol. The van der Waals surface area contributed by atoms with Crippen LogP contribution < -0.4 is 9.04 Å². The number of amides is 1. The highest BCUT2D eigenvalue weighted by molar-refractivity contribution is 7.93. The van der Waals surface area contributed by atoms with Crippen molar-refractivity contribution in [3.63, 3.8) is 0 Å². The minimum absolute atomic E-state index is 0.0492. The van der Waals surface area contributed by atoms with Crippen molar-refractivity contribution in [1.29, 1.82) is 0 Å². The molecule has 202 valence electrons. The Balaban J connectivity index is 1.55. The van der Waals surface area contributed by atoms with E-state index in [9.17, 15) is 21.6 Å². The minimum atomic E-state index is -4.10. The largest absolute Gasteiger partial charge is 0.492 e. The lowest BCUT2D eigenvalue weighted by atomic mass is 10.2. The Morgan fingerprint density at radius 3 is 2.05 bits per heavy atom. The molecule has 0 bridgehead atoms. The Hall–Kier alpha value is -3.41. The molecule has 1 saturated heterocycles. The summed E-state index contributed by atoms with van der Waals surface area (Å²) in [7, 11) is -7.80. The van der Waals surface area contributed by atoms with Crippen LogP contribution in [0.25, 0.3) is 0 Å². The predicted octanol–water partition coefficient (Wildman–Crippen LogP) is 3.12. The average Bonchev–Trinajstić information content (AvgIpc) is 2.93. The van der Waals surface area contributed by atoms with Gasteiger partial charge in [0.1, 0.15) is 12.3 Å². The van der Waals surface area contributed by atoms with Gasteiger partial charge in [0.2, 0.25) is 15.9 Å². The Morgan fingerprint density at radius 1 is 0.816 bits per heavy atom. The summed E-state index contributed by atoms with van der Waals surface area (Å²) in [6.07, 6.45) is 0. The van der Waals surface area contributed by atoms with E-state index in [2.05, 4.69) is 0 Å². The van der Waals surface area contributed by atoms with E-state index in [-0.39, 0.29) is 41.7 Å². The van der Waals surface area contributed by atoms with Crippen LogP contribution in [0.2, 0.25) is 0 Å². The van der Waals surface area contributed by atoms with E-state index in [1.54, 1.807) is 73.7 Å².